The molecule has 0 aromatic heterocycles. The molecule has 1 aromatic rings. The summed E-state index contributed by atoms with van der Waals surface area (Å²) in [4.78, 5) is 30.2. The molecule has 0 saturated carbocycles. The Kier molecular flexibility index (Phi) is 10.4. The van der Waals surface area contributed by atoms with Gasteiger partial charge in [-0.25, -0.2) is 0 Å². The summed E-state index contributed by atoms with van der Waals surface area (Å²) in [6, 6.07) is 7.83. The van der Waals surface area contributed by atoms with Gasteiger partial charge < -0.3 is 29.4 Å². The largest absolute Gasteiger partial charge is 0.496 e. The van der Waals surface area contributed by atoms with Crippen LogP contribution in [0.5, 0.6) is 5.75 Å². The monoisotopic (exact) mass is 521 g/mol. The van der Waals surface area contributed by atoms with Crippen LogP contribution in [0.25, 0.3) is 0 Å². The summed E-state index contributed by atoms with van der Waals surface area (Å²) in [7, 11) is 1.65. The quantitative estimate of drug-likeness (QED) is 0.404. The molecule has 0 bridgehead atoms. The second-order valence-corrected chi connectivity index (χ2v) is 9.26. The standard InChI is InChI=1S/C28H36N3O3.Co/c1-34-26-13-7-6-12-23(26)19-30-20-24(27(32)29-15-14-22-10-4-2-5-11-22)18-25(21-30)28(33)31-16-8-3-9-17-31;/h6-7,10,12-13,18,20-21H,2-5,8-9,11,14-17,19H2,1H3,(H,29,32);/q-1;. The number of amides is 2. The van der Waals surface area contributed by atoms with Crippen LogP contribution in [0, 0.1) is 6.42 Å². The van der Waals surface area contributed by atoms with Crippen molar-refractivity contribution in [3.63, 3.8) is 0 Å². The Hall–Kier alpha value is -2.64. The van der Waals surface area contributed by atoms with E-state index >= 15 is 0 Å². The van der Waals surface area contributed by atoms with Crippen molar-refractivity contribution in [1.29, 1.82) is 0 Å². The number of hydrogen-bond acceptors (Lipinski definition) is 4. The minimum atomic E-state index is -0.140. The Morgan fingerprint density at radius 3 is 2.54 bits per heavy atom. The Morgan fingerprint density at radius 2 is 1.80 bits per heavy atom. The molecule has 3 aliphatic rings. The SMILES string of the molecule is COc1ccccc1CN1C=C(C(=O)NCCC2=CCCCC2)[CH-]C(C(=O)N2CCCCC2)=C1.[Co]. The predicted molar refractivity (Wildman–Crippen MR) is 134 cm³/mol. The fraction of sp³-hybridized carbons (Fsp3) is 0.464. The number of hydrogen-bond donors (Lipinski definition) is 1. The number of nitrogens with one attached hydrogen (secondary N) is 1. The van der Waals surface area contributed by atoms with Crippen LogP contribution in [0.4, 0.5) is 0 Å². The van der Waals surface area contributed by atoms with E-state index in [1.165, 1.54) is 18.4 Å². The molecule has 1 aliphatic carbocycles. The minimum absolute atomic E-state index is 0. The molecule has 191 valence electrons. The molecule has 35 heavy (non-hydrogen) atoms. The van der Waals surface area contributed by atoms with Gasteiger partial charge in [0.1, 0.15) is 5.75 Å². The van der Waals surface area contributed by atoms with Crippen LogP contribution in [0.3, 0.4) is 0 Å². The first-order valence-electron chi connectivity index (χ1n) is 12.6. The summed E-state index contributed by atoms with van der Waals surface area (Å²) in [5.41, 5.74) is 3.50. The van der Waals surface area contributed by atoms with E-state index in [-0.39, 0.29) is 28.6 Å². The molecule has 1 aromatic carbocycles. The second-order valence-electron chi connectivity index (χ2n) is 9.26. The molecular formula is C28H36CoN3O3-. The van der Waals surface area contributed by atoms with Gasteiger partial charge in [-0.2, -0.15) is 0 Å². The van der Waals surface area contributed by atoms with E-state index < -0.39 is 0 Å². The summed E-state index contributed by atoms with van der Waals surface area (Å²) in [6.45, 7) is 2.67. The molecule has 1 radical (unpaired) electrons. The third-order valence-corrected chi connectivity index (χ3v) is 6.74. The molecule has 6 nitrogen and oxygen atoms in total. The zero-order valence-corrected chi connectivity index (χ0v) is 21.6. The van der Waals surface area contributed by atoms with Crippen molar-refractivity contribution >= 4 is 11.8 Å². The van der Waals surface area contributed by atoms with Crippen molar-refractivity contribution in [3.05, 3.63) is 71.4 Å². The number of rotatable bonds is 8. The van der Waals surface area contributed by atoms with Gasteiger partial charge in [0.05, 0.1) is 7.11 Å². The van der Waals surface area contributed by atoms with Crippen molar-refractivity contribution in [2.24, 2.45) is 0 Å². The summed E-state index contributed by atoms with van der Waals surface area (Å²) in [6.07, 6.45) is 16.6. The molecular weight excluding hydrogens is 485 g/mol. The van der Waals surface area contributed by atoms with E-state index in [4.69, 9.17) is 4.74 Å². The van der Waals surface area contributed by atoms with Crippen molar-refractivity contribution in [2.45, 2.75) is 57.9 Å². The third kappa shape index (κ3) is 7.42. The Labute approximate surface area is 219 Å². The average molecular weight is 522 g/mol. The molecule has 2 amide bonds. The molecule has 7 heteroatoms. The number of allylic oxidation sites excluding steroid dienone is 1. The number of benzene rings is 1. The Balaban J connectivity index is 0.00000342. The van der Waals surface area contributed by atoms with Gasteiger partial charge in [0.25, 0.3) is 0 Å². The van der Waals surface area contributed by atoms with E-state index in [2.05, 4.69) is 11.4 Å². The number of para-hydroxylation sites is 1. The van der Waals surface area contributed by atoms with Crippen LogP contribution in [0.15, 0.2) is 59.5 Å². The third-order valence-electron chi connectivity index (χ3n) is 6.74. The number of ether oxygens (including phenoxy) is 1. The number of likely N-dealkylation sites (tertiary alicyclic amines) is 1. The summed E-state index contributed by atoms with van der Waals surface area (Å²) >= 11 is 0. The van der Waals surface area contributed by atoms with E-state index in [9.17, 15) is 9.59 Å². The van der Waals surface area contributed by atoms with Crippen LogP contribution >= 0.6 is 0 Å². The second kappa shape index (κ2) is 13.4. The molecule has 1 fully saturated rings. The normalized spacial score (nSPS) is 17.8. The van der Waals surface area contributed by atoms with Crippen molar-refractivity contribution in [2.75, 3.05) is 26.7 Å². The molecule has 2 aliphatic heterocycles. The Morgan fingerprint density at radius 1 is 1.03 bits per heavy atom. The number of piperidine rings is 1. The van der Waals surface area contributed by atoms with E-state index in [0.29, 0.717) is 24.2 Å². The van der Waals surface area contributed by atoms with Gasteiger partial charge in [0, 0.05) is 48.5 Å². The fourth-order valence-electron chi connectivity index (χ4n) is 4.85. The number of carbonyl (C=O) groups is 2. The van der Waals surface area contributed by atoms with Crippen LogP contribution in [-0.4, -0.2) is 48.4 Å². The first kappa shape index (κ1) is 27.0. The van der Waals surface area contributed by atoms with Gasteiger partial charge in [-0.15, -0.1) is 6.42 Å². The molecule has 0 atom stereocenters. The van der Waals surface area contributed by atoms with Crippen molar-refractivity contribution < 1.29 is 31.1 Å². The molecule has 0 spiro atoms. The number of carbonyl (C=O) groups excluding carboxylic acids is 2. The van der Waals surface area contributed by atoms with Gasteiger partial charge in [0.2, 0.25) is 0 Å². The van der Waals surface area contributed by atoms with Crippen molar-refractivity contribution in [3.8, 4) is 5.75 Å². The summed E-state index contributed by atoms with van der Waals surface area (Å²) in [5, 5.41) is 3.06. The summed E-state index contributed by atoms with van der Waals surface area (Å²) < 4.78 is 5.51. The van der Waals surface area contributed by atoms with Crippen LogP contribution in [-0.2, 0) is 32.9 Å². The van der Waals surface area contributed by atoms with Gasteiger partial charge in [-0.1, -0.05) is 42.2 Å². The van der Waals surface area contributed by atoms with Gasteiger partial charge in [-0.05, 0) is 68.6 Å². The smallest absolute Gasteiger partial charge is 0.186 e. The van der Waals surface area contributed by atoms with Crippen LogP contribution in [0.2, 0.25) is 0 Å². The molecule has 0 unspecified atom stereocenters. The fourth-order valence-corrected chi connectivity index (χ4v) is 4.85. The first-order chi connectivity index (χ1) is 16.6. The number of nitrogens with zero attached hydrogens (tertiary/aromatic N) is 2. The van der Waals surface area contributed by atoms with E-state index in [1.807, 2.05) is 46.5 Å². The topological polar surface area (TPSA) is 61.9 Å². The number of methoxy groups -OCH3 is 1. The molecule has 1 saturated heterocycles. The average Bonchev–Trinajstić information content (AvgIpc) is 2.89. The predicted octanol–water partition coefficient (Wildman–Crippen LogP) is 4.50. The molecule has 2 heterocycles. The molecule has 4 rings (SSSR count). The maximum atomic E-state index is 13.3. The van der Waals surface area contributed by atoms with Gasteiger partial charge >= 0.3 is 0 Å². The van der Waals surface area contributed by atoms with Gasteiger partial charge in [-0.3, -0.25) is 0 Å². The zero-order valence-electron chi connectivity index (χ0n) is 20.6. The van der Waals surface area contributed by atoms with E-state index in [0.717, 1.165) is 62.9 Å². The van der Waals surface area contributed by atoms with Crippen LogP contribution in [0.1, 0.15) is 56.9 Å². The van der Waals surface area contributed by atoms with Crippen LogP contribution < -0.4 is 10.1 Å². The first-order valence-corrected chi connectivity index (χ1v) is 12.6. The molecule has 1 N–H and O–H groups in total. The van der Waals surface area contributed by atoms with Gasteiger partial charge in [0.15, 0.2) is 11.8 Å². The Bertz CT molecular complexity index is 979. The maximum absolute atomic E-state index is 13.3. The van der Waals surface area contributed by atoms with E-state index in [1.54, 1.807) is 13.5 Å². The minimum Gasteiger partial charge on any atom is -0.496 e. The summed E-state index contributed by atoms with van der Waals surface area (Å²) in [5.74, 6) is 0.642. The maximum Gasteiger partial charge on any atom is 0.186 e. The van der Waals surface area contributed by atoms with Crippen molar-refractivity contribution in [1.82, 2.24) is 15.1 Å². The zero-order chi connectivity index (χ0) is 23.8.